The second kappa shape index (κ2) is 6.94. The average Bonchev–Trinajstić information content (AvgIpc) is 3.23. The summed E-state index contributed by atoms with van der Waals surface area (Å²) < 4.78 is 0. The van der Waals surface area contributed by atoms with Gasteiger partial charge >= 0.3 is 0 Å². The van der Waals surface area contributed by atoms with E-state index < -0.39 is 6.04 Å². The SMILES string of the molecule is O=C(CC[C@@H]1NC(=O)c2ccccc2NC1=O)NC[C@@H]1C[C@@H]2C=C[C@H]1C2. The Morgan fingerprint density at radius 1 is 1.15 bits per heavy atom. The summed E-state index contributed by atoms with van der Waals surface area (Å²) in [6.45, 7) is 0.693. The molecule has 6 heteroatoms. The lowest BCUT2D eigenvalue weighted by atomic mass is 9.93. The Hall–Kier alpha value is -2.63. The minimum atomic E-state index is -0.703. The molecule has 1 aliphatic heterocycles. The first kappa shape index (κ1) is 16.8. The maximum atomic E-state index is 12.3. The van der Waals surface area contributed by atoms with Gasteiger partial charge in [0.2, 0.25) is 11.8 Å². The highest BCUT2D eigenvalue weighted by atomic mass is 16.2. The molecule has 2 bridgehead atoms. The number of allylic oxidation sites excluding steroid dienone is 2. The van der Waals surface area contributed by atoms with Gasteiger partial charge in [-0.25, -0.2) is 0 Å². The predicted molar refractivity (Wildman–Crippen MR) is 97.4 cm³/mol. The molecule has 1 fully saturated rings. The summed E-state index contributed by atoms with van der Waals surface area (Å²) in [5.41, 5.74) is 0.948. The highest BCUT2D eigenvalue weighted by molar-refractivity contribution is 6.09. The molecular weight excluding hydrogens is 330 g/mol. The van der Waals surface area contributed by atoms with Crippen molar-refractivity contribution in [1.29, 1.82) is 0 Å². The number of hydrogen-bond donors (Lipinski definition) is 3. The molecular formula is C20H23N3O3. The fourth-order valence-electron chi connectivity index (χ4n) is 4.25. The van der Waals surface area contributed by atoms with E-state index in [1.807, 2.05) is 0 Å². The first-order valence-electron chi connectivity index (χ1n) is 9.26. The molecule has 4 rings (SSSR count). The highest BCUT2D eigenvalue weighted by Gasteiger charge is 2.35. The molecule has 4 atom stereocenters. The molecule has 6 nitrogen and oxygen atoms in total. The smallest absolute Gasteiger partial charge is 0.254 e. The number of amides is 3. The molecule has 3 N–H and O–H groups in total. The third kappa shape index (κ3) is 3.36. The zero-order valence-corrected chi connectivity index (χ0v) is 14.5. The Kier molecular flexibility index (Phi) is 4.49. The van der Waals surface area contributed by atoms with Gasteiger partial charge in [-0.2, -0.15) is 0 Å². The van der Waals surface area contributed by atoms with Crippen LogP contribution in [0, 0.1) is 17.8 Å². The standard InChI is InChI=1S/C20H23N3O3/c24-18(21-11-14-10-12-5-6-13(14)9-12)8-7-17-20(26)22-16-4-2-1-3-15(16)19(25)23-17/h1-6,12-14,17H,7-11H2,(H,21,24)(H,22,26)(H,23,25)/t12-,13+,14+,17+/m1/s1. The topological polar surface area (TPSA) is 87.3 Å². The molecule has 3 amide bonds. The Morgan fingerprint density at radius 2 is 2.00 bits per heavy atom. The van der Waals surface area contributed by atoms with Crippen LogP contribution in [0.15, 0.2) is 36.4 Å². The maximum absolute atomic E-state index is 12.3. The number of hydrogen-bond acceptors (Lipinski definition) is 3. The fraction of sp³-hybridized carbons (Fsp3) is 0.450. The van der Waals surface area contributed by atoms with Gasteiger partial charge < -0.3 is 16.0 Å². The van der Waals surface area contributed by atoms with Crippen LogP contribution >= 0.6 is 0 Å². The Balaban J connectivity index is 1.27. The summed E-state index contributed by atoms with van der Waals surface area (Å²) in [5.74, 6) is 1.18. The van der Waals surface area contributed by atoms with Gasteiger partial charge in [-0.3, -0.25) is 14.4 Å². The van der Waals surface area contributed by atoms with Gasteiger partial charge in [-0.05, 0) is 49.1 Å². The van der Waals surface area contributed by atoms with E-state index in [0.717, 1.165) is 6.42 Å². The number of fused-ring (bicyclic) bond motifs is 3. The Labute approximate surface area is 152 Å². The number of nitrogens with one attached hydrogen (secondary N) is 3. The molecule has 0 radical (unpaired) electrons. The second-order valence-corrected chi connectivity index (χ2v) is 7.44. The van der Waals surface area contributed by atoms with Crippen molar-refractivity contribution >= 4 is 23.4 Å². The van der Waals surface area contributed by atoms with E-state index in [9.17, 15) is 14.4 Å². The van der Waals surface area contributed by atoms with Crippen molar-refractivity contribution in [3.8, 4) is 0 Å². The highest BCUT2D eigenvalue weighted by Crippen LogP contribution is 2.42. The summed E-state index contributed by atoms with van der Waals surface area (Å²) in [4.78, 5) is 36.8. The van der Waals surface area contributed by atoms with Crippen LogP contribution in [0.25, 0.3) is 0 Å². The number of benzene rings is 1. The molecule has 0 spiro atoms. The van der Waals surface area contributed by atoms with E-state index in [-0.39, 0.29) is 30.6 Å². The van der Waals surface area contributed by atoms with Gasteiger partial charge in [0.05, 0.1) is 11.3 Å². The maximum Gasteiger partial charge on any atom is 0.254 e. The molecule has 0 saturated heterocycles. The van der Waals surface area contributed by atoms with Gasteiger partial charge in [0.25, 0.3) is 5.91 Å². The van der Waals surface area contributed by atoms with Gasteiger partial charge in [-0.1, -0.05) is 24.3 Å². The van der Waals surface area contributed by atoms with E-state index in [1.165, 1.54) is 6.42 Å². The van der Waals surface area contributed by atoms with E-state index in [4.69, 9.17) is 0 Å². The number of para-hydroxylation sites is 1. The summed E-state index contributed by atoms with van der Waals surface area (Å²) in [6.07, 6.45) is 7.43. The molecule has 136 valence electrons. The predicted octanol–water partition coefficient (Wildman–Crippen LogP) is 1.85. The lowest BCUT2D eigenvalue weighted by Gasteiger charge is -2.19. The Bertz CT molecular complexity index is 773. The van der Waals surface area contributed by atoms with Gasteiger partial charge in [0.15, 0.2) is 0 Å². The van der Waals surface area contributed by atoms with Gasteiger partial charge in [0.1, 0.15) is 6.04 Å². The van der Waals surface area contributed by atoms with Crippen molar-refractivity contribution in [2.45, 2.75) is 31.7 Å². The number of carbonyl (C=O) groups is 3. The number of anilines is 1. The first-order valence-corrected chi connectivity index (χ1v) is 9.26. The van der Waals surface area contributed by atoms with Crippen molar-refractivity contribution in [1.82, 2.24) is 10.6 Å². The minimum absolute atomic E-state index is 0.0689. The average molecular weight is 353 g/mol. The van der Waals surface area contributed by atoms with Crippen LogP contribution in [0.5, 0.6) is 0 Å². The number of carbonyl (C=O) groups excluding carboxylic acids is 3. The van der Waals surface area contributed by atoms with Gasteiger partial charge in [-0.15, -0.1) is 0 Å². The van der Waals surface area contributed by atoms with Crippen LogP contribution in [0.2, 0.25) is 0 Å². The molecule has 26 heavy (non-hydrogen) atoms. The lowest BCUT2D eigenvalue weighted by molar-refractivity contribution is -0.122. The van der Waals surface area contributed by atoms with E-state index in [1.54, 1.807) is 24.3 Å². The van der Waals surface area contributed by atoms with Gasteiger partial charge in [0, 0.05) is 13.0 Å². The summed E-state index contributed by atoms with van der Waals surface area (Å²) >= 11 is 0. The summed E-state index contributed by atoms with van der Waals surface area (Å²) in [5, 5.41) is 8.47. The van der Waals surface area contributed by atoms with Crippen LogP contribution in [0.1, 0.15) is 36.0 Å². The van der Waals surface area contributed by atoms with Crippen molar-refractivity contribution in [2.75, 3.05) is 11.9 Å². The van der Waals surface area contributed by atoms with E-state index in [0.29, 0.717) is 35.5 Å². The molecule has 0 aromatic heterocycles. The zero-order chi connectivity index (χ0) is 18.1. The van der Waals surface area contributed by atoms with Crippen molar-refractivity contribution in [3.63, 3.8) is 0 Å². The third-order valence-corrected chi connectivity index (χ3v) is 5.69. The normalized spacial score (nSPS) is 28.9. The van der Waals surface area contributed by atoms with Crippen LogP contribution in [-0.4, -0.2) is 30.3 Å². The lowest BCUT2D eigenvalue weighted by Crippen LogP contribution is -2.42. The molecule has 2 aliphatic carbocycles. The second-order valence-electron chi connectivity index (χ2n) is 7.44. The molecule has 1 aromatic carbocycles. The van der Waals surface area contributed by atoms with E-state index in [2.05, 4.69) is 28.1 Å². The quantitative estimate of drug-likeness (QED) is 0.706. The zero-order valence-electron chi connectivity index (χ0n) is 14.5. The van der Waals surface area contributed by atoms with Crippen LogP contribution < -0.4 is 16.0 Å². The largest absolute Gasteiger partial charge is 0.356 e. The first-order chi connectivity index (χ1) is 12.6. The molecule has 3 aliphatic rings. The summed E-state index contributed by atoms with van der Waals surface area (Å²) in [6, 6.07) is 6.19. The molecule has 1 heterocycles. The molecule has 0 unspecified atom stereocenters. The van der Waals surface area contributed by atoms with Crippen LogP contribution in [0.3, 0.4) is 0 Å². The monoisotopic (exact) mass is 353 g/mol. The number of rotatable bonds is 5. The minimum Gasteiger partial charge on any atom is -0.356 e. The third-order valence-electron chi connectivity index (χ3n) is 5.69. The van der Waals surface area contributed by atoms with Crippen molar-refractivity contribution < 1.29 is 14.4 Å². The summed E-state index contributed by atoms with van der Waals surface area (Å²) in [7, 11) is 0. The van der Waals surface area contributed by atoms with Crippen molar-refractivity contribution in [3.05, 3.63) is 42.0 Å². The van der Waals surface area contributed by atoms with Crippen LogP contribution in [0.4, 0.5) is 5.69 Å². The Morgan fingerprint density at radius 3 is 2.77 bits per heavy atom. The molecule has 1 saturated carbocycles. The molecule has 1 aromatic rings. The fourth-order valence-corrected chi connectivity index (χ4v) is 4.25. The van der Waals surface area contributed by atoms with Crippen molar-refractivity contribution in [2.24, 2.45) is 17.8 Å². The van der Waals surface area contributed by atoms with Crippen LogP contribution in [-0.2, 0) is 9.59 Å². The van der Waals surface area contributed by atoms with E-state index >= 15 is 0 Å².